The molecule has 4 heteroatoms. The van der Waals surface area contributed by atoms with E-state index in [1.807, 2.05) is 45.0 Å². The zero-order valence-electron chi connectivity index (χ0n) is 14.4. The second-order valence-corrected chi connectivity index (χ2v) is 6.37. The molecule has 0 unspecified atom stereocenters. The van der Waals surface area contributed by atoms with Gasteiger partial charge in [-0.3, -0.25) is 10.1 Å². The average molecular weight is 338 g/mol. The Morgan fingerprint density at radius 1 is 0.958 bits per heavy atom. The summed E-state index contributed by atoms with van der Waals surface area (Å²) in [6, 6.07) is 12.1. The Labute approximate surface area is 148 Å². The second-order valence-electron chi connectivity index (χ2n) is 5.96. The lowest BCUT2D eigenvalue weighted by atomic mass is 10.1. The van der Waals surface area contributed by atoms with Gasteiger partial charge in [-0.25, -0.2) is 0 Å². The van der Waals surface area contributed by atoms with Gasteiger partial charge in [0.25, 0.3) is 0 Å². The molecule has 0 aliphatic heterocycles. The number of thiocarbonyl (C=S) groups is 1. The Morgan fingerprint density at radius 2 is 1.54 bits per heavy atom. The van der Waals surface area contributed by atoms with E-state index in [-0.39, 0.29) is 5.91 Å². The molecule has 124 valence electrons. The molecule has 0 saturated carbocycles. The highest BCUT2D eigenvalue weighted by Gasteiger charge is 2.07. The van der Waals surface area contributed by atoms with Crippen LogP contribution in [0.15, 0.2) is 42.5 Å². The summed E-state index contributed by atoms with van der Waals surface area (Å²) in [5, 5.41) is 6.08. The molecular formula is C20H22N2OS. The largest absolute Gasteiger partial charge is 0.332 e. The van der Waals surface area contributed by atoms with E-state index in [0.29, 0.717) is 5.11 Å². The van der Waals surface area contributed by atoms with E-state index < -0.39 is 0 Å². The fraction of sp³-hybridized carbons (Fsp3) is 0.200. The third-order valence-corrected chi connectivity index (χ3v) is 3.86. The number of rotatable bonds is 3. The Morgan fingerprint density at radius 3 is 2.12 bits per heavy atom. The third-order valence-electron chi connectivity index (χ3n) is 3.66. The predicted octanol–water partition coefficient (Wildman–Crippen LogP) is 4.45. The van der Waals surface area contributed by atoms with Crippen LogP contribution in [0.4, 0.5) is 5.69 Å². The fourth-order valence-corrected chi connectivity index (χ4v) is 2.73. The zero-order chi connectivity index (χ0) is 17.7. The molecule has 2 rings (SSSR count). The molecule has 0 spiro atoms. The van der Waals surface area contributed by atoms with E-state index >= 15 is 0 Å². The van der Waals surface area contributed by atoms with Crippen LogP contribution in [0.2, 0.25) is 0 Å². The van der Waals surface area contributed by atoms with Crippen LogP contribution in [-0.2, 0) is 4.79 Å². The van der Waals surface area contributed by atoms with Crippen molar-refractivity contribution in [1.82, 2.24) is 5.32 Å². The molecule has 3 nitrogen and oxygen atoms in total. The van der Waals surface area contributed by atoms with Gasteiger partial charge in [-0.05, 0) is 62.7 Å². The van der Waals surface area contributed by atoms with Gasteiger partial charge in [-0.15, -0.1) is 0 Å². The zero-order valence-corrected chi connectivity index (χ0v) is 15.3. The van der Waals surface area contributed by atoms with E-state index in [9.17, 15) is 4.79 Å². The Balaban J connectivity index is 1.97. The SMILES string of the molecule is Cc1ccc(C=CC(=O)NC(=S)Nc2c(C)cc(C)cc2C)cc1. The number of aryl methyl sites for hydroxylation is 4. The molecule has 0 fully saturated rings. The molecule has 0 aromatic heterocycles. The van der Waals surface area contributed by atoms with Crippen molar-refractivity contribution in [3.8, 4) is 0 Å². The minimum Gasteiger partial charge on any atom is -0.332 e. The summed E-state index contributed by atoms with van der Waals surface area (Å²) in [6.45, 7) is 8.12. The van der Waals surface area contributed by atoms with Crippen LogP contribution in [0.3, 0.4) is 0 Å². The maximum Gasteiger partial charge on any atom is 0.250 e. The topological polar surface area (TPSA) is 41.1 Å². The predicted molar refractivity (Wildman–Crippen MR) is 105 cm³/mol. The Bertz CT molecular complexity index is 769. The first-order chi connectivity index (χ1) is 11.3. The molecule has 24 heavy (non-hydrogen) atoms. The summed E-state index contributed by atoms with van der Waals surface area (Å²) in [5.74, 6) is -0.254. The van der Waals surface area contributed by atoms with E-state index in [1.165, 1.54) is 17.2 Å². The lowest BCUT2D eigenvalue weighted by Crippen LogP contribution is -2.33. The summed E-state index contributed by atoms with van der Waals surface area (Å²) < 4.78 is 0. The molecule has 0 aliphatic rings. The highest BCUT2D eigenvalue weighted by atomic mass is 32.1. The Kier molecular flexibility index (Phi) is 5.88. The number of amides is 1. The van der Waals surface area contributed by atoms with Crippen LogP contribution in [0.5, 0.6) is 0 Å². The van der Waals surface area contributed by atoms with Crippen LogP contribution in [0.25, 0.3) is 6.08 Å². The second kappa shape index (κ2) is 7.88. The van der Waals surface area contributed by atoms with Gasteiger partial charge in [0.1, 0.15) is 0 Å². The van der Waals surface area contributed by atoms with Gasteiger partial charge < -0.3 is 5.32 Å². The van der Waals surface area contributed by atoms with E-state index in [1.54, 1.807) is 6.08 Å². The molecule has 0 radical (unpaired) electrons. The number of carbonyl (C=O) groups is 1. The fourth-order valence-electron chi connectivity index (χ4n) is 2.53. The molecule has 0 heterocycles. The number of benzene rings is 2. The molecule has 0 saturated heterocycles. The first-order valence-electron chi connectivity index (χ1n) is 7.79. The van der Waals surface area contributed by atoms with Crippen LogP contribution >= 0.6 is 12.2 Å². The van der Waals surface area contributed by atoms with Gasteiger partial charge in [-0.2, -0.15) is 0 Å². The van der Waals surface area contributed by atoms with Gasteiger partial charge in [0.15, 0.2) is 5.11 Å². The molecule has 0 bridgehead atoms. The van der Waals surface area contributed by atoms with Crippen molar-refractivity contribution in [2.75, 3.05) is 5.32 Å². The first-order valence-corrected chi connectivity index (χ1v) is 8.20. The van der Waals surface area contributed by atoms with Crippen LogP contribution in [0, 0.1) is 27.7 Å². The molecular weight excluding hydrogens is 316 g/mol. The summed E-state index contributed by atoms with van der Waals surface area (Å²) >= 11 is 5.24. The number of nitrogens with one attached hydrogen (secondary N) is 2. The first kappa shape index (κ1) is 17.9. The number of hydrogen-bond acceptors (Lipinski definition) is 2. The maximum absolute atomic E-state index is 12.0. The molecule has 0 atom stereocenters. The van der Waals surface area contributed by atoms with Crippen LogP contribution in [-0.4, -0.2) is 11.0 Å². The molecule has 1 amide bonds. The van der Waals surface area contributed by atoms with Crippen molar-refractivity contribution in [3.63, 3.8) is 0 Å². The lowest BCUT2D eigenvalue weighted by molar-refractivity contribution is -0.115. The van der Waals surface area contributed by atoms with E-state index in [0.717, 1.165) is 22.4 Å². The summed E-state index contributed by atoms with van der Waals surface area (Å²) in [7, 11) is 0. The normalized spacial score (nSPS) is 10.7. The smallest absolute Gasteiger partial charge is 0.250 e. The van der Waals surface area contributed by atoms with E-state index in [4.69, 9.17) is 12.2 Å². The molecule has 0 aliphatic carbocycles. The molecule has 2 aromatic rings. The van der Waals surface area contributed by atoms with Crippen molar-refractivity contribution in [3.05, 3.63) is 70.3 Å². The summed E-state index contributed by atoms with van der Waals surface area (Å²) in [4.78, 5) is 12.0. The summed E-state index contributed by atoms with van der Waals surface area (Å²) in [6.07, 6.45) is 3.24. The van der Waals surface area contributed by atoms with Gasteiger partial charge in [0.2, 0.25) is 5.91 Å². The maximum atomic E-state index is 12.0. The Hall–Kier alpha value is -2.46. The van der Waals surface area contributed by atoms with Crippen molar-refractivity contribution in [2.45, 2.75) is 27.7 Å². The van der Waals surface area contributed by atoms with Crippen LogP contribution in [0.1, 0.15) is 27.8 Å². The highest BCUT2D eigenvalue weighted by Crippen LogP contribution is 2.21. The minimum atomic E-state index is -0.254. The van der Waals surface area contributed by atoms with Crippen molar-refractivity contribution in [1.29, 1.82) is 0 Å². The third kappa shape index (κ3) is 5.03. The number of carbonyl (C=O) groups excluding carboxylic acids is 1. The standard InChI is InChI=1S/C20H22N2OS/c1-13-5-7-17(8-6-13)9-10-18(23)21-20(24)22-19-15(3)11-14(2)12-16(19)4/h5-12H,1-4H3,(H2,21,22,23,24). The summed E-state index contributed by atoms with van der Waals surface area (Å²) in [5.41, 5.74) is 6.49. The van der Waals surface area contributed by atoms with Gasteiger partial charge in [-0.1, -0.05) is 47.5 Å². The quantitative estimate of drug-likeness (QED) is 0.642. The molecule has 2 aromatic carbocycles. The number of anilines is 1. The average Bonchev–Trinajstić information content (AvgIpc) is 2.50. The number of hydrogen-bond donors (Lipinski definition) is 2. The van der Waals surface area contributed by atoms with Crippen molar-refractivity contribution >= 4 is 35.0 Å². The minimum absolute atomic E-state index is 0.254. The van der Waals surface area contributed by atoms with Crippen molar-refractivity contribution < 1.29 is 4.79 Å². The van der Waals surface area contributed by atoms with Gasteiger partial charge in [0.05, 0.1) is 0 Å². The molecule has 2 N–H and O–H groups in total. The van der Waals surface area contributed by atoms with Crippen LogP contribution < -0.4 is 10.6 Å². The van der Waals surface area contributed by atoms with E-state index in [2.05, 4.69) is 29.7 Å². The van der Waals surface area contributed by atoms with Crippen molar-refractivity contribution in [2.24, 2.45) is 0 Å². The monoisotopic (exact) mass is 338 g/mol. The van der Waals surface area contributed by atoms with Gasteiger partial charge >= 0.3 is 0 Å². The highest BCUT2D eigenvalue weighted by molar-refractivity contribution is 7.80. The van der Waals surface area contributed by atoms with Gasteiger partial charge in [0, 0.05) is 11.8 Å². The lowest BCUT2D eigenvalue weighted by Gasteiger charge is -2.14.